The largest absolute Gasteiger partial charge is 0.493 e. The van der Waals surface area contributed by atoms with Gasteiger partial charge in [-0.2, -0.15) is 0 Å². The molecule has 1 saturated carbocycles. The normalized spacial score (nSPS) is 13.4. The van der Waals surface area contributed by atoms with Crippen LogP contribution in [0, 0.1) is 12.8 Å². The molecule has 186 valence electrons. The van der Waals surface area contributed by atoms with Crippen LogP contribution in [0.5, 0.6) is 11.5 Å². The minimum Gasteiger partial charge on any atom is -0.493 e. The number of ether oxygens (including phenoxy) is 3. The van der Waals surface area contributed by atoms with E-state index in [1.165, 1.54) is 39.0 Å². The summed E-state index contributed by atoms with van der Waals surface area (Å²) in [7, 11) is 0. The summed E-state index contributed by atoms with van der Waals surface area (Å²) < 4.78 is 16.8. The van der Waals surface area contributed by atoms with Crippen molar-refractivity contribution in [3.8, 4) is 11.5 Å². The molecule has 2 aromatic carbocycles. The average Bonchev–Trinajstić information content (AvgIpc) is 2.78. The van der Waals surface area contributed by atoms with E-state index >= 15 is 0 Å². The highest BCUT2D eigenvalue weighted by atomic mass is 79.9. The Balaban J connectivity index is 0.000000604. The molecule has 0 unspecified atom stereocenters. The maximum atomic E-state index is 10.7. The molecule has 0 atom stereocenters. The first-order chi connectivity index (χ1) is 16.3. The smallest absolute Gasteiger partial charge is 0.341 e. The fraction of sp³-hybridized carbons (Fsp3) is 0.462. The third-order valence-electron chi connectivity index (χ3n) is 5.14. The zero-order valence-corrected chi connectivity index (χ0v) is 22.4. The quantitative estimate of drug-likeness (QED) is 0.338. The Hall–Kier alpha value is -2.19. The Morgan fingerprint density at radius 3 is 2.38 bits per heavy atom. The Kier molecular flexibility index (Phi) is 12.3. The lowest BCUT2D eigenvalue weighted by Gasteiger charge is -2.21. The summed E-state index contributed by atoms with van der Waals surface area (Å²) in [6.45, 7) is 6.02. The molecule has 0 aromatic heterocycles. The van der Waals surface area contributed by atoms with E-state index in [4.69, 9.17) is 14.6 Å². The van der Waals surface area contributed by atoms with Gasteiger partial charge < -0.3 is 19.3 Å². The first-order valence-corrected chi connectivity index (χ1v) is 13.1. The molecule has 1 aliphatic rings. The fourth-order valence-corrected chi connectivity index (χ4v) is 5.20. The molecule has 8 heteroatoms. The number of hydrogen-bond donors (Lipinski definition) is 1. The zero-order valence-electron chi connectivity index (χ0n) is 20.0. The summed E-state index contributed by atoms with van der Waals surface area (Å²) in [6, 6.07) is 11.9. The van der Waals surface area contributed by atoms with Crippen LogP contribution in [0.3, 0.4) is 0 Å². The number of carbonyl (C=O) groups excluding carboxylic acids is 1. The molecule has 1 aliphatic carbocycles. The number of halogens is 1. The van der Waals surface area contributed by atoms with Crippen LogP contribution < -0.4 is 9.47 Å². The lowest BCUT2D eigenvalue weighted by Crippen LogP contribution is -2.15. The van der Waals surface area contributed by atoms with E-state index in [2.05, 4.69) is 32.8 Å². The molecule has 0 bridgehead atoms. The van der Waals surface area contributed by atoms with Crippen molar-refractivity contribution in [3.63, 3.8) is 0 Å². The molecule has 34 heavy (non-hydrogen) atoms. The maximum absolute atomic E-state index is 10.7. The molecule has 0 heterocycles. The molecule has 0 spiro atoms. The van der Waals surface area contributed by atoms with Gasteiger partial charge in [0.2, 0.25) is 0 Å². The summed E-state index contributed by atoms with van der Waals surface area (Å²) in [6.07, 6.45) is 6.53. The van der Waals surface area contributed by atoms with Gasteiger partial charge in [0.1, 0.15) is 11.5 Å². The summed E-state index contributed by atoms with van der Waals surface area (Å²) in [5.41, 5.74) is 0.912. The SMILES string of the molecule is CCOC(C)=O.Cc1cc(Sc2cc(Br)cc(OCC3CCCCC3)c2)ccc1OCC(=O)O. The second-order valence-corrected chi connectivity index (χ2v) is 10.1. The van der Waals surface area contributed by atoms with Gasteiger partial charge in [-0.05, 0) is 74.6 Å². The van der Waals surface area contributed by atoms with Gasteiger partial charge in [-0.3, -0.25) is 4.79 Å². The van der Waals surface area contributed by atoms with E-state index in [1.54, 1.807) is 18.7 Å². The van der Waals surface area contributed by atoms with Crippen molar-refractivity contribution >= 4 is 39.6 Å². The van der Waals surface area contributed by atoms with Crippen molar-refractivity contribution in [1.82, 2.24) is 0 Å². The first-order valence-electron chi connectivity index (χ1n) is 11.5. The monoisotopic (exact) mass is 552 g/mol. The number of aliphatic carboxylic acids is 1. The number of hydrogen-bond acceptors (Lipinski definition) is 6. The fourth-order valence-electron chi connectivity index (χ4n) is 3.57. The maximum Gasteiger partial charge on any atom is 0.341 e. The Bertz CT molecular complexity index is 943. The molecular formula is C26H33BrO6S. The second-order valence-electron chi connectivity index (χ2n) is 8.07. The lowest BCUT2D eigenvalue weighted by atomic mass is 9.90. The van der Waals surface area contributed by atoms with Crippen LogP contribution >= 0.6 is 27.7 Å². The number of carboxylic acid groups (broad SMARTS) is 1. The predicted molar refractivity (Wildman–Crippen MR) is 137 cm³/mol. The van der Waals surface area contributed by atoms with Gasteiger partial charge >= 0.3 is 11.9 Å². The van der Waals surface area contributed by atoms with E-state index in [1.807, 2.05) is 31.2 Å². The minimum atomic E-state index is -0.979. The van der Waals surface area contributed by atoms with Gasteiger partial charge in [0, 0.05) is 21.2 Å². The third-order valence-corrected chi connectivity index (χ3v) is 6.55. The van der Waals surface area contributed by atoms with E-state index in [0.717, 1.165) is 32.2 Å². The molecule has 0 radical (unpaired) electrons. The van der Waals surface area contributed by atoms with Gasteiger partial charge in [-0.25, -0.2) is 4.79 Å². The summed E-state index contributed by atoms with van der Waals surface area (Å²) >= 11 is 5.23. The van der Waals surface area contributed by atoms with Gasteiger partial charge in [0.25, 0.3) is 0 Å². The number of rotatable bonds is 9. The van der Waals surface area contributed by atoms with Crippen LogP contribution in [0.2, 0.25) is 0 Å². The molecule has 1 N–H and O–H groups in total. The number of carboxylic acids is 1. The number of carbonyl (C=O) groups is 2. The second kappa shape index (κ2) is 14.9. The molecule has 1 fully saturated rings. The number of benzene rings is 2. The Labute approximate surface area is 214 Å². The molecular weight excluding hydrogens is 520 g/mol. The van der Waals surface area contributed by atoms with Crippen LogP contribution in [0.1, 0.15) is 51.5 Å². The van der Waals surface area contributed by atoms with Crippen molar-refractivity contribution in [2.24, 2.45) is 5.92 Å². The van der Waals surface area contributed by atoms with E-state index in [-0.39, 0.29) is 12.6 Å². The van der Waals surface area contributed by atoms with E-state index in [0.29, 0.717) is 18.3 Å². The van der Waals surface area contributed by atoms with Gasteiger partial charge in [-0.15, -0.1) is 0 Å². The van der Waals surface area contributed by atoms with Gasteiger partial charge in [-0.1, -0.05) is 47.0 Å². The van der Waals surface area contributed by atoms with Crippen LogP contribution in [0.15, 0.2) is 50.7 Å². The highest BCUT2D eigenvalue weighted by Crippen LogP contribution is 2.35. The number of aryl methyl sites for hydroxylation is 1. The van der Waals surface area contributed by atoms with Gasteiger partial charge in [0.05, 0.1) is 13.2 Å². The van der Waals surface area contributed by atoms with Crippen molar-refractivity contribution in [1.29, 1.82) is 0 Å². The molecule has 0 aliphatic heterocycles. The highest BCUT2D eigenvalue weighted by molar-refractivity contribution is 9.10. The standard InChI is InChI=1S/C22H25BrO4S.C4H8O2/c1-15-9-19(7-8-21(15)27-14-22(24)25)28-20-11-17(23)10-18(12-20)26-13-16-5-3-2-4-6-16;1-3-6-4(2)5/h7-12,16H,2-6,13-14H2,1H3,(H,24,25);3H2,1-2H3. The molecule has 6 nitrogen and oxygen atoms in total. The Morgan fingerprint density at radius 1 is 1.06 bits per heavy atom. The molecule has 0 amide bonds. The third kappa shape index (κ3) is 10.8. The average molecular weight is 554 g/mol. The van der Waals surface area contributed by atoms with Crippen molar-refractivity contribution in [2.75, 3.05) is 19.8 Å². The van der Waals surface area contributed by atoms with Crippen molar-refractivity contribution in [2.45, 2.75) is 62.7 Å². The summed E-state index contributed by atoms with van der Waals surface area (Å²) in [5, 5.41) is 8.75. The zero-order chi connectivity index (χ0) is 24.9. The molecule has 3 rings (SSSR count). The van der Waals surface area contributed by atoms with Crippen LogP contribution in [0.4, 0.5) is 0 Å². The van der Waals surface area contributed by atoms with Crippen LogP contribution in [-0.2, 0) is 14.3 Å². The summed E-state index contributed by atoms with van der Waals surface area (Å²) in [4.78, 5) is 22.6. The Morgan fingerprint density at radius 2 is 1.79 bits per heavy atom. The van der Waals surface area contributed by atoms with Crippen LogP contribution in [0.25, 0.3) is 0 Å². The highest BCUT2D eigenvalue weighted by Gasteiger charge is 2.14. The molecule has 0 saturated heterocycles. The van der Waals surface area contributed by atoms with Crippen molar-refractivity contribution < 1.29 is 28.9 Å². The van der Waals surface area contributed by atoms with E-state index < -0.39 is 5.97 Å². The predicted octanol–water partition coefficient (Wildman–Crippen LogP) is 6.90. The number of esters is 1. The topological polar surface area (TPSA) is 82.1 Å². The van der Waals surface area contributed by atoms with Crippen molar-refractivity contribution in [3.05, 3.63) is 46.4 Å². The first kappa shape index (κ1) is 28.1. The van der Waals surface area contributed by atoms with Gasteiger partial charge in [0.15, 0.2) is 6.61 Å². The minimum absolute atomic E-state index is 0.211. The lowest BCUT2D eigenvalue weighted by molar-refractivity contribution is -0.140. The summed E-state index contributed by atoms with van der Waals surface area (Å²) in [5.74, 6) is 0.966. The van der Waals surface area contributed by atoms with E-state index in [9.17, 15) is 9.59 Å². The van der Waals surface area contributed by atoms with Crippen LogP contribution in [-0.4, -0.2) is 36.9 Å². The molecule has 2 aromatic rings.